The largest absolute Gasteiger partial charge is 0.417 e. The van der Waals surface area contributed by atoms with Gasteiger partial charge in [0.2, 0.25) is 0 Å². The molecular weight excluding hydrogens is 271 g/mol. The molecule has 86 valence electrons. The van der Waals surface area contributed by atoms with Crippen molar-refractivity contribution in [1.29, 1.82) is 0 Å². The summed E-state index contributed by atoms with van der Waals surface area (Å²) in [6, 6.07) is 0. The van der Waals surface area contributed by atoms with E-state index in [0.717, 1.165) is 0 Å². The molecule has 0 aromatic carbocycles. The predicted octanol–water partition coefficient (Wildman–Crippen LogP) is 3.83. The number of rotatable bonds is 0. The van der Waals surface area contributed by atoms with Crippen molar-refractivity contribution in [3.63, 3.8) is 0 Å². The molecule has 0 bridgehead atoms. The van der Waals surface area contributed by atoms with Crippen molar-refractivity contribution in [3.8, 4) is 0 Å². The second-order valence-corrected chi connectivity index (χ2v) is 5.27. The normalized spacial score (nSPS) is 18.7. The van der Waals surface area contributed by atoms with E-state index < -0.39 is 11.7 Å². The summed E-state index contributed by atoms with van der Waals surface area (Å²) < 4.78 is 37.5. The van der Waals surface area contributed by atoms with Crippen LogP contribution in [0.3, 0.4) is 0 Å². The van der Waals surface area contributed by atoms with Gasteiger partial charge in [-0.05, 0) is 36.7 Å². The number of allylic oxidation sites excluding steroid dienone is 2. The highest BCUT2D eigenvalue weighted by Crippen LogP contribution is 2.37. The number of hydrogen-bond acceptors (Lipinski definition) is 1. The molecule has 0 aromatic heterocycles. The maximum Gasteiger partial charge on any atom is 0.417 e. The molecule has 1 rings (SSSR count). The van der Waals surface area contributed by atoms with Crippen LogP contribution in [0.2, 0.25) is 0 Å². The summed E-state index contributed by atoms with van der Waals surface area (Å²) in [5, 5.41) is 0. The third kappa shape index (κ3) is 3.00. The van der Waals surface area contributed by atoms with E-state index in [0.29, 0.717) is 0 Å². The molecule has 0 spiro atoms. The standard InChI is InChI=1S/C10H13BrF3N/c1-9(2,3)15-5-4-7(8(11)6-15)10(12,13)14/h4,6H,5H2,1-3H3. The maximum absolute atomic E-state index is 12.5. The van der Waals surface area contributed by atoms with Crippen LogP contribution < -0.4 is 0 Å². The van der Waals surface area contributed by atoms with Crippen LogP contribution in [0.15, 0.2) is 22.3 Å². The third-order valence-electron chi connectivity index (χ3n) is 2.19. The van der Waals surface area contributed by atoms with Crippen LogP contribution in [-0.4, -0.2) is 23.2 Å². The van der Waals surface area contributed by atoms with Crippen LogP contribution >= 0.6 is 15.9 Å². The summed E-state index contributed by atoms with van der Waals surface area (Å²) in [4.78, 5) is 1.85. The Labute approximate surface area is 95.8 Å². The molecule has 5 heteroatoms. The minimum absolute atomic E-state index is 0.0937. The zero-order valence-corrected chi connectivity index (χ0v) is 10.4. The van der Waals surface area contributed by atoms with Gasteiger partial charge < -0.3 is 4.90 Å². The maximum atomic E-state index is 12.5. The van der Waals surface area contributed by atoms with E-state index in [2.05, 4.69) is 15.9 Å². The van der Waals surface area contributed by atoms with E-state index in [1.807, 2.05) is 25.7 Å². The first-order valence-corrected chi connectivity index (χ1v) is 5.33. The highest BCUT2D eigenvalue weighted by atomic mass is 79.9. The van der Waals surface area contributed by atoms with Gasteiger partial charge in [-0.25, -0.2) is 0 Å². The second kappa shape index (κ2) is 3.85. The molecule has 0 fully saturated rings. The molecule has 0 radical (unpaired) electrons. The fourth-order valence-electron chi connectivity index (χ4n) is 1.26. The summed E-state index contributed by atoms with van der Waals surface area (Å²) in [7, 11) is 0. The fraction of sp³-hybridized carbons (Fsp3) is 0.600. The lowest BCUT2D eigenvalue weighted by Gasteiger charge is -2.36. The van der Waals surface area contributed by atoms with Gasteiger partial charge in [0.15, 0.2) is 0 Å². The molecule has 0 N–H and O–H groups in total. The average Bonchev–Trinajstić information content (AvgIpc) is 1.99. The van der Waals surface area contributed by atoms with Crippen LogP contribution in [0.1, 0.15) is 20.8 Å². The van der Waals surface area contributed by atoms with E-state index in [-0.39, 0.29) is 16.6 Å². The molecule has 15 heavy (non-hydrogen) atoms. The molecule has 1 aliphatic heterocycles. The van der Waals surface area contributed by atoms with E-state index in [1.165, 1.54) is 12.3 Å². The molecule has 0 amide bonds. The summed E-state index contributed by atoms with van der Waals surface area (Å²) in [5.74, 6) is 0. The van der Waals surface area contributed by atoms with Crippen molar-refractivity contribution in [2.75, 3.05) is 6.54 Å². The molecule has 0 aliphatic carbocycles. The zero-order chi connectivity index (χ0) is 11.9. The monoisotopic (exact) mass is 283 g/mol. The molecular formula is C10H13BrF3N. The number of nitrogens with zero attached hydrogens (tertiary/aromatic N) is 1. The minimum Gasteiger partial charge on any atom is -0.368 e. The zero-order valence-electron chi connectivity index (χ0n) is 8.82. The SMILES string of the molecule is CC(C)(C)N1C=C(Br)C(C(F)(F)F)=CC1. The van der Waals surface area contributed by atoms with Gasteiger partial charge in [-0.1, -0.05) is 6.08 Å². The number of hydrogen-bond donors (Lipinski definition) is 0. The van der Waals surface area contributed by atoms with Gasteiger partial charge >= 0.3 is 6.18 Å². The second-order valence-electron chi connectivity index (χ2n) is 4.42. The smallest absolute Gasteiger partial charge is 0.368 e. The lowest BCUT2D eigenvalue weighted by Crippen LogP contribution is -2.39. The fourth-order valence-corrected chi connectivity index (χ4v) is 1.90. The molecule has 0 unspecified atom stereocenters. The third-order valence-corrected chi connectivity index (χ3v) is 2.82. The first-order chi connectivity index (χ1) is 6.62. The van der Waals surface area contributed by atoms with Crippen LogP contribution in [0, 0.1) is 0 Å². The minimum atomic E-state index is -4.28. The summed E-state index contributed by atoms with van der Waals surface area (Å²) in [5.41, 5.74) is -0.768. The topological polar surface area (TPSA) is 3.24 Å². The highest BCUT2D eigenvalue weighted by Gasteiger charge is 2.37. The van der Waals surface area contributed by atoms with Crippen LogP contribution in [0.25, 0.3) is 0 Å². The molecule has 1 aliphatic rings. The van der Waals surface area contributed by atoms with Gasteiger partial charge in [0, 0.05) is 22.8 Å². The van der Waals surface area contributed by atoms with Crippen LogP contribution in [0.5, 0.6) is 0 Å². The molecule has 1 heterocycles. The molecule has 0 saturated heterocycles. The summed E-state index contributed by atoms with van der Waals surface area (Å²) in [6.45, 7) is 6.15. The molecule has 0 atom stereocenters. The van der Waals surface area contributed by atoms with Crippen molar-refractivity contribution in [1.82, 2.24) is 4.90 Å². The summed E-state index contributed by atoms with van der Waals surface area (Å²) in [6.07, 6.45) is -1.57. The van der Waals surface area contributed by atoms with E-state index in [4.69, 9.17) is 0 Å². The van der Waals surface area contributed by atoms with Crippen molar-refractivity contribution in [3.05, 3.63) is 22.3 Å². The van der Waals surface area contributed by atoms with Crippen molar-refractivity contribution < 1.29 is 13.2 Å². The Morgan fingerprint density at radius 3 is 2.13 bits per heavy atom. The van der Waals surface area contributed by atoms with Crippen molar-refractivity contribution >= 4 is 15.9 Å². The lowest BCUT2D eigenvalue weighted by atomic mass is 10.0. The van der Waals surface area contributed by atoms with Gasteiger partial charge in [-0.15, -0.1) is 0 Å². The quantitative estimate of drug-likeness (QED) is 0.653. The number of alkyl halides is 3. The van der Waals surface area contributed by atoms with Gasteiger partial charge in [0.1, 0.15) is 0 Å². The highest BCUT2D eigenvalue weighted by molar-refractivity contribution is 9.12. The van der Waals surface area contributed by atoms with Gasteiger partial charge in [0.05, 0.1) is 5.57 Å². The van der Waals surface area contributed by atoms with Crippen molar-refractivity contribution in [2.45, 2.75) is 32.5 Å². The Morgan fingerprint density at radius 1 is 1.27 bits per heavy atom. The lowest BCUT2D eigenvalue weighted by molar-refractivity contribution is -0.0894. The molecule has 0 saturated carbocycles. The van der Waals surface area contributed by atoms with Crippen molar-refractivity contribution in [2.24, 2.45) is 0 Å². The summed E-state index contributed by atoms with van der Waals surface area (Å²) >= 11 is 2.95. The van der Waals surface area contributed by atoms with E-state index in [9.17, 15) is 13.2 Å². The Morgan fingerprint density at radius 2 is 1.80 bits per heavy atom. The molecule has 0 aromatic rings. The first-order valence-electron chi connectivity index (χ1n) is 4.54. The van der Waals surface area contributed by atoms with E-state index in [1.54, 1.807) is 0 Å². The first kappa shape index (κ1) is 12.6. The Hall–Kier alpha value is -0.450. The van der Waals surface area contributed by atoms with Gasteiger partial charge in [-0.2, -0.15) is 13.2 Å². The van der Waals surface area contributed by atoms with E-state index >= 15 is 0 Å². The Bertz CT molecular complexity index is 310. The Kier molecular flexibility index (Phi) is 3.24. The molecule has 1 nitrogen and oxygen atoms in total. The number of halogens is 4. The van der Waals surface area contributed by atoms with Gasteiger partial charge in [0.25, 0.3) is 0 Å². The Balaban J connectivity index is 2.91. The average molecular weight is 284 g/mol. The van der Waals surface area contributed by atoms with Gasteiger partial charge in [-0.3, -0.25) is 0 Å². The predicted molar refractivity (Wildman–Crippen MR) is 57.6 cm³/mol. The van der Waals surface area contributed by atoms with Crippen LogP contribution in [0.4, 0.5) is 13.2 Å². The van der Waals surface area contributed by atoms with Crippen LogP contribution in [-0.2, 0) is 0 Å².